The fourth-order valence-electron chi connectivity index (χ4n) is 2.42. The van der Waals surface area contributed by atoms with E-state index in [4.69, 9.17) is 16.0 Å². The number of halogens is 1. The molecule has 4 aromatic rings. The van der Waals surface area contributed by atoms with Crippen LogP contribution in [-0.4, -0.2) is 10.7 Å². The van der Waals surface area contributed by atoms with Gasteiger partial charge in [-0.25, -0.2) is 4.98 Å². The van der Waals surface area contributed by atoms with Crippen LogP contribution in [0, 0.1) is 0 Å². The molecule has 0 fully saturated rings. The van der Waals surface area contributed by atoms with E-state index in [-0.39, 0.29) is 0 Å². The van der Waals surface area contributed by atoms with E-state index in [0.29, 0.717) is 0 Å². The molecule has 0 aliphatic heterocycles. The average Bonchev–Trinajstić information content (AvgIpc) is 3.27. The van der Waals surface area contributed by atoms with Crippen LogP contribution in [-0.2, 0) is 0 Å². The Labute approximate surface area is 153 Å². The van der Waals surface area contributed by atoms with E-state index in [9.17, 15) is 0 Å². The van der Waals surface area contributed by atoms with Crippen molar-refractivity contribution in [3.05, 3.63) is 71.6 Å². The highest BCUT2D eigenvalue weighted by Gasteiger charge is 2.07. The summed E-state index contributed by atoms with van der Waals surface area (Å²) in [6, 6.07) is 17.6. The molecule has 6 heteroatoms. The number of hydrogen-bond donors (Lipinski definition) is 1. The molecular weight excluding hydrogens is 354 g/mol. The molecule has 2 aromatic carbocycles. The third kappa shape index (κ3) is 3.43. The lowest BCUT2D eigenvalue weighted by molar-refractivity contribution is 0.604. The third-order valence-electron chi connectivity index (χ3n) is 3.74. The third-order valence-corrected chi connectivity index (χ3v) is 4.94. The number of thiazole rings is 1. The van der Waals surface area contributed by atoms with Crippen LogP contribution in [0.2, 0.25) is 5.02 Å². The highest BCUT2D eigenvalue weighted by atomic mass is 35.5. The van der Waals surface area contributed by atoms with Crippen molar-refractivity contribution in [2.24, 2.45) is 5.10 Å². The summed E-state index contributed by atoms with van der Waals surface area (Å²) < 4.78 is 5.80. The van der Waals surface area contributed by atoms with E-state index >= 15 is 0 Å². The van der Waals surface area contributed by atoms with Crippen molar-refractivity contribution in [1.29, 1.82) is 0 Å². The summed E-state index contributed by atoms with van der Waals surface area (Å²) in [6.45, 7) is 1.90. The summed E-state index contributed by atoms with van der Waals surface area (Å²) >= 11 is 7.46. The highest BCUT2D eigenvalue weighted by Crippen LogP contribution is 2.29. The van der Waals surface area contributed by atoms with E-state index in [2.05, 4.69) is 15.5 Å². The van der Waals surface area contributed by atoms with Crippen LogP contribution in [0.5, 0.6) is 0 Å². The fourth-order valence-corrected chi connectivity index (χ4v) is 3.31. The molecule has 0 saturated carbocycles. The van der Waals surface area contributed by atoms with Crippen molar-refractivity contribution in [2.45, 2.75) is 6.92 Å². The zero-order chi connectivity index (χ0) is 17.2. The Morgan fingerprint density at radius 1 is 1.16 bits per heavy atom. The van der Waals surface area contributed by atoms with Gasteiger partial charge in [-0.1, -0.05) is 53.3 Å². The summed E-state index contributed by atoms with van der Waals surface area (Å²) in [4.78, 5) is 5.41. The Hall–Kier alpha value is -2.63. The lowest BCUT2D eigenvalue weighted by atomic mass is 10.2. The number of nitrogens with zero attached hydrogens (tertiary/aromatic N) is 2. The molecule has 2 aromatic heterocycles. The number of fused-ring (bicyclic) bond motifs is 1. The van der Waals surface area contributed by atoms with Crippen molar-refractivity contribution in [3.8, 4) is 10.4 Å². The SMILES string of the molecule is C/C(=N\Nc1ncc(-c2ccc(Cl)cc2)s1)c1cc2ccccc2o1. The van der Waals surface area contributed by atoms with Gasteiger partial charge in [0.15, 0.2) is 5.76 Å². The van der Waals surface area contributed by atoms with Gasteiger partial charge in [-0.2, -0.15) is 5.10 Å². The zero-order valence-corrected chi connectivity index (χ0v) is 14.9. The summed E-state index contributed by atoms with van der Waals surface area (Å²) in [5, 5.41) is 6.88. The molecule has 0 aliphatic carbocycles. The van der Waals surface area contributed by atoms with Crippen molar-refractivity contribution >= 4 is 44.8 Å². The Morgan fingerprint density at radius 3 is 2.76 bits per heavy atom. The normalized spacial score (nSPS) is 11.8. The molecule has 124 valence electrons. The number of hydrazone groups is 1. The number of hydrogen-bond acceptors (Lipinski definition) is 5. The maximum atomic E-state index is 5.93. The molecular formula is C19H14ClN3OS. The quantitative estimate of drug-likeness (QED) is 0.353. The first-order chi connectivity index (χ1) is 12.2. The van der Waals surface area contributed by atoms with Gasteiger partial charge in [0.05, 0.1) is 4.88 Å². The lowest BCUT2D eigenvalue weighted by Crippen LogP contribution is -1.97. The standard InChI is InChI=1S/C19H14ClN3OS/c1-12(17-10-14-4-2-3-5-16(14)24-17)22-23-19-21-11-18(25-19)13-6-8-15(20)9-7-13/h2-11H,1H3,(H,21,23)/b22-12+. The second-order valence-corrected chi connectivity index (χ2v) is 6.96. The van der Waals surface area contributed by atoms with E-state index < -0.39 is 0 Å². The Balaban J connectivity index is 1.52. The number of anilines is 1. The van der Waals surface area contributed by atoms with Crippen LogP contribution in [0.25, 0.3) is 21.4 Å². The van der Waals surface area contributed by atoms with Crippen LogP contribution in [0.4, 0.5) is 5.13 Å². The van der Waals surface area contributed by atoms with Gasteiger partial charge in [-0.15, -0.1) is 0 Å². The molecule has 0 unspecified atom stereocenters. The first-order valence-corrected chi connectivity index (χ1v) is 8.89. The monoisotopic (exact) mass is 367 g/mol. The van der Waals surface area contributed by atoms with Gasteiger partial charge in [-0.05, 0) is 36.8 Å². The van der Waals surface area contributed by atoms with Crippen LogP contribution in [0.1, 0.15) is 12.7 Å². The van der Waals surface area contributed by atoms with E-state index in [0.717, 1.165) is 43.0 Å². The summed E-state index contributed by atoms with van der Waals surface area (Å²) in [5.74, 6) is 0.739. The van der Waals surface area contributed by atoms with Gasteiger partial charge in [-0.3, -0.25) is 5.43 Å². The van der Waals surface area contributed by atoms with Crippen molar-refractivity contribution in [1.82, 2.24) is 4.98 Å². The average molecular weight is 368 g/mol. The number of furan rings is 1. The molecule has 0 radical (unpaired) electrons. The van der Waals surface area contributed by atoms with Gasteiger partial charge in [0.1, 0.15) is 11.3 Å². The first-order valence-electron chi connectivity index (χ1n) is 7.70. The molecule has 1 N–H and O–H groups in total. The molecule has 25 heavy (non-hydrogen) atoms. The minimum atomic E-state index is 0.720. The van der Waals surface area contributed by atoms with Crippen LogP contribution in [0.3, 0.4) is 0 Å². The first kappa shape index (κ1) is 15.9. The predicted molar refractivity (Wildman–Crippen MR) is 105 cm³/mol. The smallest absolute Gasteiger partial charge is 0.203 e. The van der Waals surface area contributed by atoms with Crippen molar-refractivity contribution in [2.75, 3.05) is 5.43 Å². The van der Waals surface area contributed by atoms with Crippen molar-refractivity contribution in [3.63, 3.8) is 0 Å². The fraction of sp³-hybridized carbons (Fsp3) is 0.0526. The van der Waals surface area contributed by atoms with Gasteiger partial charge in [0.2, 0.25) is 5.13 Å². The highest BCUT2D eigenvalue weighted by molar-refractivity contribution is 7.18. The largest absolute Gasteiger partial charge is 0.455 e. The number of aromatic nitrogens is 1. The molecule has 0 bridgehead atoms. The molecule has 0 saturated heterocycles. The van der Waals surface area contributed by atoms with Crippen LogP contribution >= 0.6 is 22.9 Å². The number of para-hydroxylation sites is 1. The van der Waals surface area contributed by atoms with E-state index in [1.54, 1.807) is 0 Å². The predicted octanol–water partition coefficient (Wildman–Crippen LogP) is 6.05. The summed E-state index contributed by atoms with van der Waals surface area (Å²) in [5.41, 5.74) is 5.69. The zero-order valence-electron chi connectivity index (χ0n) is 13.4. The lowest BCUT2D eigenvalue weighted by Gasteiger charge is -1.97. The maximum Gasteiger partial charge on any atom is 0.203 e. The number of rotatable bonds is 4. The molecule has 0 spiro atoms. The van der Waals surface area contributed by atoms with Gasteiger partial charge in [0, 0.05) is 16.6 Å². The van der Waals surface area contributed by atoms with Crippen molar-refractivity contribution < 1.29 is 4.42 Å². The van der Waals surface area contributed by atoms with Crippen LogP contribution < -0.4 is 5.43 Å². The minimum Gasteiger partial charge on any atom is -0.455 e. The molecule has 0 aliphatic rings. The summed E-state index contributed by atoms with van der Waals surface area (Å²) in [6.07, 6.45) is 1.82. The molecule has 2 heterocycles. The Morgan fingerprint density at radius 2 is 1.96 bits per heavy atom. The van der Waals surface area contributed by atoms with Crippen LogP contribution in [0.15, 0.2) is 70.3 Å². The Bertz CT molecular complexity index is 1020. The minimum absolute atomic E-state index is 0.720. The number of benzene rings is 2. The Kier molecular flexibility index (Phi) is 4.26. The van der Waals surface area contributed by atoms with Gasteiger partial charge < -0.3 is 4.42 Å². The van der Waals surface area contributed by atoms with E-state index in [1.165, 1.54) is 11.3 Å². The summed E-state index contributed by atoms with van der Waals surface area (Å²) in [7, 11) is 0. The molecule has 4 nitrogen and oxygen atoms in total. The second-order valence-electron chi connectivity index (χ2n) is 5.49. The second kappa shape index (κ2) is 6.70. The molecule has 0 atom stereocenters. The number of nitrogens with one attached hydrogen (secondary N) is 1. The van der Waals surface area contributed by atoms with Gasteiger partial charge >= 0.3 is 0 Å². The molecule has 0 amide bonds. The topological polar surface area (TPSA) is 50.4 Å². The van der Waals surface area contributed by atoms with Gasteiger partial charge in [0.25, 0.3) is 0 Å². The maximum absolute atomic E-state index is 5.93. The molecule has 4 rings (SSSR count). The van der Waals surface area contributed by atoms with E-state index in [1.807, 2.05) is 67.7 Å².